The second-order valence-electron chi connectivity index (χ2n) is 6.98. The van der Waals surface area contributed by atoms with Crippen LogP contribution in [0.2, 0.25) is 0 Å². The van der Waals surface area contributed by atoms with Gasteiger partial charge in [0.15, 0.2) is 0 Å². The van der Waals surface area contributed by atoms with E-state index in [1.807, 2.05) is 72.4 Å². The number of fused-ring (bicyclic) bond motifs is 1. The van der Waals surface area contributed by atoms with Gasteiger partial charge in [-0.1, -0.05) is 48.5 Å². The molecule has 154 valence electrons. The third-order valence-electron chi connectivity index (χ3n) is 4.90. The Labute approximate surface area is 178 Å². The minimum absolute atomic E-state index is 0.0484. The van der Waals surface area contributed by atoms with Crippen LogP contribution in [0.15, 0.2) is 77.1 Å². The Morgan fingerprint density at radius 2 is 1.77 bits per heavy atom. The van der Waals surface area contributed by atoms with Gasteiger partial charge in [0, 0.05) is 35.4 Å². The van der Waals surface area contributed by atoms with Gasteiger partial charge in [0.1, 0.15) is 10.3 Å². The maximum atomic E-state index is 12.9. The quantitative estimate of drug-likeness (QED) is 0.456. The zero-order chi connectivity index (χ0) is 21.3. The molecule has 0 aliphatic heterocycles. The van der Waals surface area contributed by atoms with Crippen molar-refractivity contribution in [1.29, 1.82) is 0 Å². The van der Waals surface area contributed by atoms with Crippen molar-refractivity contribution in [2.75, 3.05) is 0 Å². The molecule has 0 aliphatic rings. The summed E-state index contributed by atoms with van der Waals surface area (Å²) >= 11 is 1.11. The summed E-state index contributed by atoms with van der Waals surface area (Å²) in [6, 6.07) is 19.0. The van der Waals surface area contributed by atoms with Gasteiger partial charge in [-0.25, -0.2) is 8.42 Å². The first-order chi connectivity index (χ1) is 14.3. The Hall–Kier alpha value is -2.94. The number of carbonyl (C=O) groups is 1. The smallest absolute Gasteiger partial charge is 0.322 e. The Bertz CT molecular complexity index is 1310. The fourth-order valence-electron chi connectivity index (χ4n) is 3.46. The number of carboxylic acids is 1. The van der Waals surface area contributed by atoms with Crippen molar-refractivity contribution in [1.82, 2.24) is 9.29 Å². The SMILES string of the molecule is Cn1cc(C[C@H](NS(=O)(=O)c2ccc(-c3ccccc3)s2)C(=O)O)c2ccccc21. The Kier molecular flexibility index (Phi) is 5.46. The summed E-state index contributed by atoms with van der Waals surface area (Å²) < 4.78 is 30.1. The molecule has 0 fully saturated rings. The van der Waals surface area contributed by atoms with Gasteiger partial charge in [0.2, 0.25) is 0 Å². The lowest BCUT2D eigenvalue weighted by Crippen LogP contribution is -2.42. The number of aliphatic carboxylic acids is 1. The van der Waals surface area contributed by atoms with Crippen LogP contribution in [-0.2, 0) is 28.3 Å². The average molecular weight is 441 g/mol. The number of hydrogen-bond donors (Lipinski definition) is 2. The van der Waals surface area contributed by atoms with Gasteiger partial charge in [-0.2, -0.15) is 4.72 Å². The monoisotopic (exact) mass is 440 g/mol. The van der Waals surface area contributed by atoms with Crippen LogP contribution in [0.4, 0.5) is 0 Å². The molecule has 8 heteroatoms. The van der Waals surface area contributed by atoms with E-state index >= 15 is 0 Å². The largest absolute Gasteiger partial charge is 0.480 e. The molecule has 2 aromatic heterocycles. The van der Waals surface area contributed by atoms with Crippen LogP contribution in [0.25, 0.3) is 21.3 Å². The fourth-order valence-corrected chi connectivity index (χ4v) is 5.97. The predicted molar refractivity (Wildman–Crippen MR) is 118 cm³/mol. The Balaban J connectivity index is 1.60. The minimum atomic E-state index is -3.98. The number of nitrogens with one attached hydrogen (secondary N) is 1. The van der Waals surface area contributed by atoms with E-state index in [1.165, 1.54) is 6.07 Å². The van der Waals surface area contributed by atoms with Crippen LogP contribution in [0.1, 0.15) is 5.56 Å². The highest BCUT2D eigenvalue weighted by Crippen LogP contribution is 2.31. The van der Waals surface area contributed by atoms with E-state index in [2.05, 4.69) is 4.72 Å². The number of aryl methyl sites for hydroxylation is 1. The zero-order valence-corrected chi connectivity index (χ0v) is 17.8. The van der Waals surface area contributed by atoms with Crippen LogP contribution in [0.5, 0.6) is 0 Å². The van der Waals surface area contributed by atoms with E-state index in [9.17, 15) is 18.3 Å². The van der Waals surface area contributed by atoms with Gasteiger partial charge in [0.25, 0.3) is 10.0 Å². The molecule has 30 heavy (non-hydrogen) atoms. The number of rotatable bonds is 7. The number of hydrogen-bond acceptors (Lipinski definition) is 4. The lowest BCUT2D eigenvalue weighted by Gasteiger charge is -2.13. The molecule has 0 bridgehead atoms. The van der Waals surface area contributed by atoms with Gasteiger partial charge in [-0.15, -0.1) is 11.3 Å². The van der Waals surface area contributed by atoms with Crippen molar-refractivity contribution in [2.24, 2.45) is 7.05 Å². The van der Waals surface area contributed by atoms with Crippen LogP contribution >= 0.6 is 11.3 Å². The molecule has 0 saturated carbocycles. The number of benzene rings is 2. The normalized spacial score (nSPS) is 12.8. The van der Waals surface area contributed by atoms with Crippen molar-refractivity contribution < 1.29 is 18.3 Å². The molecule has 0 aliphatic carbocycles. The van der Waals surface area contributed by atoms with Gasteiger partial charge < -0.3 is 9.67 Å². The summed E-state index contributed by atoms with van der Waals surface area (Å²) in [6.07, 6.45) is 1.89. The molecule has 4 aromatic rings. The molecule has 2 aromatic carbocycles. The number of aromatic nitrogens is 1. The van der Waals surface area contributed by atoms with Gasteiger partial charge in [0.05, 0.1) is 0 Å². The molecule has 0 saturated heterocycles. The topological polar surface area (TPSA) is 88.4 Å². The molecule has 6 nitrogen and oxygen atoms in total. The highest BCUT2D eigenvalue weighted by Gasteiger charge is 2.28. The maximum Gasteiger partial charge on any atom is 0.322 e. The van der Waals surface area contributed by atoms with E-state index in [1.54, 1.807) is 6.07 Å². The number of para-hydroxylation sites is 1. The number of sulfonamides is 1. The minimum Gasteiger partial charge on any atom is -0.480 e. The summed E-state index contributed by atoms with van der Waals surface area (Å²) in [6.45, 7) is 0. The number of carboxylic acid groups (broad SMARTS) is 1. The second-order valence-corrected chi connectivity index (χ2v) is 10.0. The molecule has 2 N–H and O–H groups in total. The Morgan fingerprint density at radius 1 is 1.07 bits per heavy atom. The highest BCUT2D eigenvalue weighted by atomic mass is 32.2. The van der Waals surface area contributed by atoms with Crippen LogP contribution in [0.3, 0.4) is 0 Å². The summed E-state index contributed by atoms with van der Waals surface area (Å²) in [4.78, 5) is 12.7. The third-order valence-corrected chi connectivity index (χ3v) is 8.00. The summed E-state index contributed by atoms with van der Waals surface area (Å²) in [5.41, 5.74) is 2.65. The number of nitrogens with zero attached hydrogens (tertiary/aromatic N) is 1. The lowest BCUT2D eigenvalue weighted by molar-refractivity contribution is -0.138. The predicted octanol–water partition coefficient (Wildman–Crippen LogP) is 3.88. The van der Waals surface area contributed by atoms with E-state index in [-0.39, 0.29) is 10.6 Å². The molecule has 0 amide bonds. The molecular weight excluding hydrogens is 420 g/mol. The number of thiophene rings is 1. The first-order valence-corrected chi connectivity index (χ1v) is 11.6. The summed E-state index contributed by atoms with van der Waals surface area (Å²) in [7, 11) is -2.10. The second kappa shape index (κ2) is 8.06. The van der Waals surface area contributed by atoms with Crippen LogP contribution < -0.4 is 4.72 Å². The summed E-state index contributed by atoms with van der Waals surface area (Å²) in [5, 5.41) is 10.6. The lowest BCUT2D eigenvalue weighted by atomic mass is 10.1. The molecule has 0 spiro atoms. The van der Waals surface area contributed by atoms with Crippen LogP contribution in [0, 0.1) is 0 Å². The van der Waals surface area contributed by atoms with Crippen molar-refractivity contribution in [3.05, 3.63) is 78.5 Å². The van der Waals surface area contributed by atoms with E-state index < -0.39 is 22.0 Å². The molecule has 0 unspecified atom stereocenters. The van der Waals surface area contributed by atoms with E-state index in [0.717, 1.165) is 38.2 Å². The van der Waals surface area contributed by atoms with Crippen molar-refractivity contribution in [3.63, 3.8) is 0 Å². The molecule has 2 heterocycles. The first-order valence-electron chi connectivity index (χ1n) is 9.28. The Morgan fingerprint density at radius 3 is 2.50 bits per heavy atom. The molecule has 4 rings (SSSR count). The standard InChI is InChI=1S/C22H20N2O4S2/c1-24-14-16(17-9-5-6-10-19(17)24)13-18(22(25)26)23-30(27,28)21-12-11-20(29-21)15-7-3-2-4-8-15/h2-12,14,18,23H,13H2,1H3,(H,25,26)/t18-/m0/s1. The van der Waals surface area contributed by atoms with E-state index in [4.69, 9.17) is 0 Å². The van der Waals surface area contributed by atoms with E-state index in [0.29, 0.717) is 0 Å². The maximum absolute atomic E-state index is 12.9. The highest BCUT2D eigenvalue weighted by molar-refractivity contribution is 7.91. The average Bonchev–Trinajstić information content (AvgIpc) is 3.35. The third kappa shape index (κ3) is 4.02. The molecule has 0 radical (unpaired) electrons. The van der Waals surface area contributed by atoms with Crippen molar-refractivity contribution >= 4 is 38.2 Å². The van der Waals surface area contributed by atoms with Gasteiger partial charge in [-0.3, -0.25) is 4.79 Å². The van der Waals surface area contributed by atoms with Crippen molar-refractivity contribution in [3.8, 4) is 10.4 Å². The van der Waals surface area contributed by atoms with Gasteiger partial charge in [-0.05, 0) is 29.3 Å². The molecular formula is C22H20N2O4S2. The van der Waals surface area contributed by atoms with Gasteiger partial charge >= 0.3 is 5.97 Å². The summed E-state index contributed by atoms with van der Waals surface area (Å²) in [5.74, 6) is -1.22. The first kappa shape index (κ1) is 20.3. The zero-order valence-electron chi connectivity index (χ0n) is 16.1. The molecule has 1 atom stereocenters. The van der Waals surface area contributed by atoms with Crippen LogP contribution in [-0.4, -0.2) is 30.1 Å². The fraction of sp³-hybridized carbons (Fsp3) is 0.136. The van der Waals surface area contributed by atoms with Crippen molar-refractivity contribution in [2.45, 2.75) is 16.7 Å².